The first-order valence-electron chi connectivity index (χ1n) is 7.28. The molecule has 0 aromatic heterocycles. The maximum absolute atomic E-state index is 11.9. The molecule has 1 heterocycles. The lowest BCUT2D eigenvalue weighted by atomic mass is 10.1. The van der Waals surface area contributed by atoms with Gasteiger partial charge in [0.15, 0.2) is 0 Å². The Bertz CT molecular complexity index is 503. The van der Waals surface area contributed by atoms with Gasteiger partial charge in [0, 0.05) is 30.4 Å². The average Bonchev–Trinajstić information content (AvgIpc) is 2.36. The molecule has 1 aliphatic heterocycles. The van der Waals surface area contributed by atoms with Crippen LogP contribution in [0.1, 0.15) is 26.3 Å². The molecule has 0 unspecified atom stereocenters. The van der Waals surface area contributed by atoms with E-state index in [4.69, 9.17) is 9.47 Å². The van der Waals surface area contributed by atoms with Crippen LogP contribution in [0.2, 0.25) is 0 Å². The molecule has 0 aliphatic carbocycles. The molecule has 1 aliphatic rings. The van der Waals surface area contributed by atoms with Crippen molar-refractivity contribution >= 4 is 11.8 Å². The quantitative estimate of drug-likeness (QED) is 0.910. The summed E-state index contributed by atoms with van der Waals surface area (Å²) in [6.45, 7) is 10.9. The first-order chi connectivity index (χ1) is 9.83. The minimum absolute atomic E-state index is 0.312. The SMILES string of the molecule is Cc1cc(OC(=O)NC(C)(C)C)cc(N2CCOCC2)c1. The summed E-state index contributed by atoms with van der Waals surface area (Å²) in [7, 11) is 0. The zero-order valence-corrected chi connectivity index (χ0v) is 13.2. The number of carbonyl (C=O) groups is 1. The molecule has 2 rings (SSSR count). The molecular formula is C16H24N2O3. The van der Waals surface area contributed by atoms with Gasteiger partial charge in [-0.2, -0.15) is 0 Å². The number of aryl methyl sites for hydroxylation is 1. The summed E-state index contributed by atoms with van der Waals surface area (Å²) in [5.41, 5.74) is 1.82. The van der Waals surface area contributed by atoms with Gasteiger partial charge in [-0.1, -0.05) is 0 Å². The number of carbonyl (C=O) groups excluding carboxylic acids is 1. The van der Waals surface area contributed by atoms with Crippen LogP contribution in [0.15, 0.2) is 18.2 Å². The van der Waals surface area contributed by atoms with E-state index in [-0.39, 0.29) is 5.54 Å². The average molecular weight is 292 g/mol. The molecule has 1 fully saturated rings. The van der Waals surface area contributed by atoms with Gasteiger partial charge in [-0.25, -0.2) is 4.79 Å². The number of anilines is 1. The van der Waals surface area contributed by atoms with E-state index >= 15 is 0 Å². The van der Waals surface area contributed by atoms with Crippen LogP contribution in [0, 0.1) is 6.92 Å². The van der Waals surface area contributed by atoms with Crippen LogP contribution in [0.25, 0.3) is 0 Å². The Labute approximate surface area is 126 Å². The van der Waals surface area contributed by atoms with Crippen LogP contribution < -0.4 is 15.0 Å². The van der Waals surface area contributed by atoms with E-state index in [0.29, 0.717) is 5.75 Å². The lowest BCUT2D eigenvalue weighted by Crippen LogP contribution is -2.42. The van der Waals surface area contributed by atoms with E-state index < -0.39 is 6.09 Å². The first kappa shape index (κ1) is 15.6. The second-order valence-electron chi connectivity index (χ2n) is 6.37. The molecule has 1 aromatic rings. The number of nitrogens with one attached hydrogen (secondary N) is 1. The van der Waals surface area contributed by atoms with Crippen LogP contribution in [0.4, 0.5) is 10.5 Å². The predicted molar refractivity (Wildman–Crippen MR) is 83.1 cm³/mol. The normalized spacial score (nSPS) is 15.7. The smallest absolute Gasteiger partial charge is 0.410 e. The topological polar surface area (TPSA) is 50.8 Å². The van der Waals surface area contributed by atoms with Crippen LogP contribution in [0.5, 0.6) is 5.75 Å². The van der Waals surface area contributed by atoms with E-state index in [1.165, 1.54) is 0 Å². The number of hydrogen-bond acceptors (Lipinski definition) is 4. The van der Waals surface area contributed by atoms with Crippen molar-refractivity contribution in [3.63, 3.8) is 0 Å². The molecule has 1 aromatic carbocycles. The van der Waals surface area contributed by atoms with Crippen molar-refractivity contribution in [2.75, 3.05) is 31.2 Å². The van der Waals surface area contributed by atoms with E-state index in [9.17, 15) is 4.79 Å². The van der Waals surface area contributed by atoms with Crippen molar-refractivity contribution in [1.82, 2.24) is 5.32 Å². The van der Waals surface area contributed by atoms with Crippen molar-refractivity contribution in [3.05, 3.63) is 23.8 Å². The van der Waals surface area contributed by atoms with E-state index in [1.54, 1.807) is 0 Å². The van der Waals surface area contributed by atoms with Crippen LogP contribution >= 0.6 is 0 Å². The van der Waals surface area contributed by atoms with E-state index in [1.807, 2.05) is 39.8 Å². The Morgan fingerprint density at radius 1 is 1.24 bits per heavy atom. The third-order valence-corrected chi connectivity index (χ3v) is 3.10. The lowest BCUT2D eigenvalue weighted by molar-refractivity contribution is 0.122. The van der Waals surface area contributed by atoms with Crippen molar-refractivity contribution in [1.29, 1.82) is 0 Å². The minimum Gasteiger partial charge on any atom is -0.410 e. The summed E-state index contributed by atoms with van der Waals surface area (Å²) >= 11 is 0. The molecule has 5 heteroatoms. The van der Waals surface area contributed by atoms with Gasteiger partial charge in [0.1, 0.15) is 5.75 Å². The van der Waals surface area contributed by atoms with Crippen LogP contribution in [-0.4, -0.2) is 37.9 Å². The van der Waals surface area contributed by atoms with Crippen molar-refractivity contribution in [2.24, 2.45) is 0 Å². The minimum atomic E-state index is -0.430. The maximum atomic E-state index is 11.9. The Morgan fingerprint density at radius 2 is 1.90 bits per heavy atom. The molecule has 1 amide bonds. The third-order valence-electron chi connectivity index (χ3n) is 3.10. The standard InChI is InChI=1S/C16H24N2O3/c1-12-9-13(18-5-7-20-8-6-18)11-14(10-12)21-15(19)17-16(2,3)4/h9-11H,5-8H2,1-4H3,(H,17,19). The number of nitrogens with zero attached hydrogens (tertiary/aromatic N) is 1. The molecule has 0 spiro atoms. The monoisotopic (exact) mass is 292 g/mol. The highest BCUT2D eigenvalue weighted by molar-refractivity contribution is 5.72. The first-order valence-corrected chi connectivity index (χ1v) is 7.28. The van der Waals surface area contributed by atoms with Gasteiger partial charge >= 0.3 is 6.09 Å². The number of hydrogen-bond donors (Lipinski definition) is 1. The second kappa shape index (κ2) is 6.35. The van der Waals surface area contributed by atoms with Crippen LogP contribution in [0.3, 0.4) is 0 Å². The Balaban J connectivity index is 2.09. The highest BCUT2D eigenvalue weighted by Gasteiger charge is 2.17. The van der Waals surface area contributed by atoms with Gasteiger partial charge in [-0.05, 0) is 45.4 Å². The fourth-order valence-electron chi connectivity index (χ4n) is 2.23. The number of morpholine rings is 1. The third kappa shape index (κ3) is 4.93. The van der Waals surface area contributed by atoms with Gasteiger partial charge in [0.25, 0.3) is 0 Å². The largest absolute Gasteiger partial charge is 0.413 e. The molecule has 1 saturated heterocycles. The summed E-state index contributed by atoms with van der Waals surface area (Å²) in [4.78, 5) is 14.1. The predicted octanol–water partition coefficient (Wildman–Crippen LogP) is 2.72. The fourth-order valence-corrected chi connectivity index (χ4v) is 2.23. The summed E-state index contributed by atoms with van der Waals surface area (Å²) < 4.78 is 10.8. The Kier molecular flexibility index (Phi) is 4.73. The van der Waals surface area contributed by atoms with Crippen molar-refractivity contribution in [3.8, 4) is 5.75 Å². The highest BCUT2D eigenvalue weighted by Crippen LogP contribution is 2.25. The van der Waals surface area contributed by atoms with Crippen molar-refractivity contribution < 1.29 is 14.3 Å². The molecular weight excluding hydrogens is 268 g/mol. The molecule has 0 atom stereocenters. The fraction of sp³-hybridized carbons (Fsp3) is 0.562. The molecule has 5 nitrogen and oxygen atoms in total. The molecule has 116 valence electrons. The molecule has 0 radical (unpaired) electrons. The van der Waals surface area contributed by atoms with E-state index in [0.717, 1.165) is 37.6 Å². The van der Waals surface area contributed by atoms with Gasteiger partial charge in [0.05, 0.1) is 13.2 Å². The molecule has 21 heavy (non-hydrogen) atoms. The van der Waals surface area contributed by atoms with E-state index in [2.05, 4.69) is 16.3 Å². The van der Waals surface area contributed by atoms with Gasteiger partial charge in [0.2, 0.25) is 0 Å². The summed E-state index contributed by atoms with van der Waals surface area (Å²) in [5, 5.41) is 2.79. The summed E-state index contributed by atoms with van der Waals surface area (Å²) in [6, 6.07) is 5.87. The molecule has 1 N–H and O–H groups in total. The zero-order chi connectivity index (χ0) is 15.5. The number of rotatable bonds is 2. The lowest BCUT2D eigenvalue weighted by Gasteiger charge is -2.29. The molecule has 0 bridgehead atoms. The van der Waals surface area contributed by atoms with Gasteiger partial charge in [-0.15, -0.1) is 0 Å². The van der Waals surface area contributed by atoms with Crippen LogP contribution in [-0.2, 0) is 4.74 Å². The van der Waals surface area contributed by atoms with Gasteiger partial charge < -0.3 is 19.7 Å². The van der Waals surface area contributed by atoms with Gasteiger partial charge in [-0.3, -0.25) is 0 Å². The highest BCUT2D eigenvalue weighted by atomic mass is 16.6. The number of benzene rings is 1. The number of amides is 1. The molecule has 0 saturated carbocycles. The zero-order valence-electron chi connectivity index (χ0n) is 13.2. The maximum Gasteiger partial charge on any atom is 0.413 e. The summed E-state index contributed by atoms with van der Waals surface area (Å²) in [6.07, 6.45) is -0.430. The van der Waals surface area contributed by atoms with Crippen molar-refractivity contribution in [2.45, 2.75) is 33.2 Å². The summed E-state index contributed by atoms with van der Waals surface area (Å²) in [5.74, 6) is 0.568. The number of ether oxygens (including phenoxy) is 2. The second-order valence-corrected chi connectivity index (χ2v) is 6.37. The Hall–Kier alpha value is -1.75. The Morgan fingerprint density at radius 3 is 2.52 bits per heavy atom.